The molecule has 1 fully saturated rings. The number of carbonyl (C=O) groups excluding carboxylic acids is 2. The number of nitrogens with zero attached hydrogens (tertiary/aromatic N) is 3. The largest absolute Gasteiger partial charge is 0.461 e. The molecule has 0 spiro atoms. The fourth-order valence-corrected chi connectivity index (χ4v) is 4.42. The van der Waals surface area contributed by atoms with E-state index in [1.807, 2.05) is 67.7 Å². The van der Waals surface area contributed by atoms with Crippen molar-refractivity contribution in [3.05, 3.63) is 89.9 Å². The number of aromatic nitrogens is 1. The molecule has 1 aliphatic rings. The number of benzene rings is 2. The molecule has 0 aliphatic carbocycles. The fourth-order valence-electron chi connectivity index (χ4n) is 4.42. The molecule has 33 heavy (non-hydrogen) atoms. The van der Waals surface area contributed by atoms with Crippen LogP contribution in [0.5, 0.6) is 0 Å². The third-order valence-electron chi connectivity index (χ3n) is 6.24. The molecular weight excluding hydrogens is 414 g/mol. The van der Waals surface area contributed by atoms with Gasteiger partial charge in [0.25, 0.3) is 5.91 Å². The van der Waals surface area contributed by atoms with Crippen molar-refractivity contribution in [1.82, 2.24) is 14.8 Å². The van der Waals surface area contributed by atoms with Crippen LogP contribution >= 0.6 is 0 Å². The molecule has 166 valence electrons. The minimum absolute atomic E-state index is 0.0360. The van der Waals surface area contributed by atoms with E-state index in [-0.39, 0.29) is 11.8 Å². The standard InChI is InChI=1S/C27H25N3O3/c1-18-14-23-16-21(9-10-25(23)33-18)26(31)30-13-12-29(2)27(32)24(30)15-19-5-7-20(8-6-19)22-4-3-11-28-17-22/h3-11,14,16-17,24H,12-13,15H2,1-2H3. The number of furan rings is 1. The van der Waals surface area contributed by atoms with Gasteiger partial charge in [-0.2, -0.15) is 0 Å². The van der Waals surface area contributed by atoms with Gasteiger partial charge in [0.2, 0.25) is 5.91 Å². The quantitative estimate of drug-likeness (QED) is 0.475. The monoisotopic (exact) mass is 439 g/mol. The highest BCUT2D eigenvalue weighted by atomic mass is 16.3. The summed E-state index contributed by atoms with van der Waals surface area (Å²) in [5.41, 5.74) is 4.44. The summed E-state index contributed by atoms with van der Waals surface area (Å²) >= 11 is 0. The van der Waals surface area contributed by atoms with Gasteiger partial charge >= 0.3 is 0 Å². The first-order valence-corrected chi connectivity index (χ1v) is 11.0. The molecule has 4 aromatic rings. The van der Waals surface area contributed by atoms with Crippen LogP contribution in [-0.2, 0) is 11.2 Å². The van der Waals surface area contributed by atoms with Crippen molar-refractivity contribution >= 4 is 22.8 Å². The molecule has 0 bridgehead atoms. The highest BCUT2D eigenvalue weighted by Gasteiger charge is 2.36. The van der Waals surface area contributed by atoms with Crippen LogP contribution in [0, 0.1) is 6.92 Å². The van der Waals surface area contributed by atoms with E-state index in [2.05, 4.69) is 4.98 Å². The van der Waals surface area contributed by atoms with Crippen molar-refractivity contribution in [3.8, 4) is 11.1 Å². The zero-order valence-electron chi connectivity index (χ0n) is 18.7. The van der Waals surface area contributed by atoms with Gasteiger partial charge in [-0.05, 0) is 53.9 Å². The predicted molar refractivity (Wildman–Crippen MR) is 127 cm³/mol. The van der Waals surface area contributed by atoms with E-state index in [1.165, 1.54) is 0 Å². The predicted octanol–water partition coefficient (Wildman–Crippen LogP) is 4.33. The number of piperazine rings is 1. The molecule has 1 unspecified atom stereocenters. The maximum atomic E-state index is 13.5. The number of aryl methyl sites for hydroxylation is 1. The summed E-state index contributed by atoms with van der Waals surface area (Å²) in [7, 11) is 1.79. The third kappa shape index (κ3) is 4.12. The Balaban J connectivity index is 1.40. The van der Waals surface area contributed by atoms with Gasteiger partial charge in [-0.1, -0.05) is 30.3 Å². The molecule has 0 saturated carbocycles. The van der Waals surface area contributed by atoms with Crippen LogP contribution in [0.2, 0.25) is 0 Å². The first-order valence-electron chi connectivity index (χ1n) is 11.0. The smallest absolute Gasteiger partial charge is 0.254 e. The van der Waals surface area contributed by atoms with Gasteiger partial charge in [-0.15, -0.1) is 0 Å². The first kappa shape index (κ1) is 20.9. The molecule has 1 aliphatic heterocycles. The molecule has 1 atom stereocenters. The Hall–Kier alpha value is -3.93. The van der Waals surface area contributed by atoms with E-state index < -0.39 is 6.04 Å². The van der Waals surface area contributed by atoms with Gasteiger partial charge < -0.3 is 14.2 Å². The molecule has 0 radical (unpaired) electrons. The van der Waals surface area contributed by atoms with Crippen LogP contribution < -0.4 is 0 Å². The molecule has 0 N–H and O–H groups in total. The highest BCUT2D eigenvalue weighted by Crippen LogP contribution is 2.25. The number of fused-ring (bicyclic) bond motifs is 1. The SMILES string of the molecule is Cc1cc2cc(C(=O)N3CCN(C)C(=O)C3Cc3ccc(-c4cccnc4)cc3)ccc2o1. The molecule has 5 rings (SSSR count). The Morgan fingerprint density at radius 2 is 1.88 bits per heavy atom. The van der Waals surface area contributed by atoms with Crippen LogP contribution in [0.1, 0.15) is 21.7 Å². The Morgan fingerprint density at radius 1 is 1.06 bits per heavy atom. The van der Waals surface area contributed by atoms with Crippen molar-refractivity contribution in [2.75, 3.05) is 20.1 Å². The summed E-state index contributed by atoms with van der Waals surface area (Å²) in [6, 6.07) is 18.8. The zero-order chi connectivity index (χ0) is 22.9. The van der Waals surface area contributed by atoms with E-state index in [1.54, 1.807) is 29.1 Å². The average Bonchev–Trinajstić information content (AvgIpc) is 3.22. The number of hydrogen-bond acceptors (Lipinski definition) is 4. The van der Waals surface area contributed by atoms with E-state index >= 15 is 0 Å². The highest BCUT2D eigenvalue weighted by molar-refractivity contribution is 6.00. The van der Waals surface area contributed by atoms with Gasteiger partial charge in [0.1, 0.15) is 17.4 Å². The molecular formula is C27H25N3O3. The average molecular weight is 440 g/mol. The van der Waals surface area contributed by atoms with Crippen molar-refractivity contribution in [1.29, 1.82) is 0 Å². The molecule has 1 saturated heterocycles. The van der Waals surface area contributed by atoms with Crippen LogP contribution in [0.25, 0.3) is 22.1 Å². The normalized spacial score (nSPS) is 16.4. The molecule has 6 heteroatoms. The zero-order valence-corrected chi connectivity index (χ0v) is 18.7. The summed E-state index contributed by atoms with van der Waals surface area (Å²) in [5.74, 6) is 0.636. The van der Waals surface area contributed by atoms with Crippen molar-refractivity contribution < 1.29 is 14.0 Å². The summed E-state index contributed by atoms with van der Waals surface area (Å²) < 4.78 is 5.63. The summed E-state index contributed by atoms with van der Waals surface area (Å²) in [5, 5.41) is 0.890. The number of likely N-dealkylation sites (N-methyl/N-ethyl adjacent to an activating group) is 1. The second kappa shape index (κ2) is 8.54. The van der Waals surface area contributed by atoms with Crippen LogP contribution in [0.4, 0.5) is 0 Å². The number of pyridine rings is 1. The first-order chi connectivity index (χ1) is 16.0. The van der Waals surface area contributed by atoms with Crippen molar-refractivity contribution in [3.63, 3.8) is 0 Å². The topological polar surface area (TPSA) is 66.7 Å². The molecule has 3 heterocycles. The van der Waals surface area contributed by atoms with Crippen molar-refractivity contribution in [2.24, 2.45) is 0 Å². The van der Waals surface area contributed by atoms with Crippen LogP contribution in [0.3, 0.4) is 0 Å². The minimum atomic E-state index is -0.540. The molecule has 2 aromatic carbocycles. The van der Waals surface area contributed by atoms with Gasteiger partial charge in [0, 0.05) is 49.9 Å². The van der Waals surface area contributed by atoms with E-state index in [9.17, 15) is 9.59 Å². The lowest BCUT2D eigenvalue weighted by Crippen LogP contribution is -2.58. The maximum Gasteiger partial charge on any atom is 0.254 e. The number of amides is 2. The Labute approximate surface area is 192 Å². The second-order valence-electron chi connectivity index (χ2n) is 8.53. The molecule has 2 aromatic heterocycles. The van der Waals surface area contributed by atoms with Crippen molar-refractivity contribution in [2.45, 2.75) is 19.4 Å². The molecule has 6 nitrogen and oxygen atoms in total. The Kier molecular flexibility index (Phi) is 5.42. The second-order valence-corrected chi connectivity index (χ2v) is 8.53. The Bertz CT molecular complexity index is 1310. The lowest BCUT2D eigenvalue weighted by molar-refractivity contribution is -0.138. The van der Waals surface area contributed by atoms with Gasteiger partial charge in [-0.3, -0.25) is 14.6 Å². The van der Waals surface area contributed by atoms with Gasteiger partial charge in [-0.25, -0.2) is 0 Å². The Morgan fingerprint density at radius 3 is 2.64 bits per heavy atom. The van der Waals surface area contributed by atoms with E-state index in [0.717, 1.165) is 33.4 Å². The molecule has 2 amide bonds. The summed E-state index contributed by atoms with van der Waals surface area (Å²) in [6.45, 7) is 2.91. The number of hydrogen-bond donors (Lipinski definition) is 0. The number of carbonyl (C=O) groups is 2. The van der Waals surface area contributed by atoms with E-state index in [0.29, 0.717) is 25.1 Å². The number of rotatable bonds is 4. The third-order valence-corrected chi connectivity index (χ3v) is 6.24. The summed E-state index contributed by atoms with van der Waals surface area (Å²) in [4.78, 5) is 34.1. The fraction of sp³-hybridized carbons (Fsp3) is 0.222. The lowest BCUT2D eigenvalue weighted by Gasteiger charge is -2.39. The maximum absolute atomic E-state index is 13.5. The van der Waals surface area contributed by atoms with Crippen LogP contribution in [-0.4, -0.2) is 52.8 Å². The lowest BCUT2D eigenvalue weighted by atomic mass is 9.98. The summed E-state index contributed by atoms with van der Waals surface area (Å²) in [6.07, 6.45) is 4.04. The minimum Gasteiger partial charge on any atom is -0.461 e. The van der Waals surface area contributed by atoms with Crippen LogP contribution in [0.15, 0.2) is 77.5 Å². The van der Waals surface area contributed by atoms with Gasteiger partial charge in [0.15, 0.2) is 0 Å². The van der Waals surface area contributed by atoms with Gasteiger partial charge in [0.05, 0.1) is 0 Å². The van der Waals surface area contributed by atoms with E-state index in [4.69, 9.17) is 4.42 Å².